The largest absolute Gasteiger partial charge is 0.382 e. The molecule has 0 radical (unpaired) electrons. The first-order valence-corrected chi connectivity index (χ1v) is 6.61. The van der Waals surface area contributed by atoms with Crippen molar-refractivity contribution in [1.82, 2.24) is 5.32 Å². The van der Waals surface area contributed by atoms with Crippen LogP contribution in [0.25, 0.3) is 0 Å². The first kappa shape index (κ1) is 17.8. The number of rotatable bonds is 13. The lowest BCUT2D eigenvalue weighted by molar-refractivity contribution is -0.000594. The lowest BCUT2D eigenvalue weighted by atomic mass is 10.1. The van der Waals surface area contributed by atoms with Crippen molar-refractivity contribution in [2.24, 2.45) is 5.92 Å². The van der Waals surface area contributed by atoms with Gasteiger partial charge in [-0.1, -0.05) is 13.8 Å². The summed E-state index contributed by atoms with van der Waals surface area (Å²) < 4.78 is 21.1. The number of nitrogens with one attached hydrogen (secondary N) is 1. The molecule has 0 aliphatic carbocycles. The van der Waals surface area contributed by atoms with E-state index in [4.69, 9.17) is 18.9 Å². The zero-order valence-electron chi connectivity index (χ0n) is 12.2. The van der Waals surface area contributed by atoms with Gasteiger partial charge in [-0.3, -0.25) is 0 Å². The Balaban J connectivity index is 3.15. The molecule has 0 aliphatic rings. The van der Waals surface area contributed by atoms with Crippen molar-refractivity contribution in [3.63, 3.8) is 0 Å². The fourth-order valence-corrected chi connectivity index (χ4v) is 1.40. The van der Waals surface area contributed by atoms with E-state index in [-0.39, 0.29) is 0 Å². The van der Waals surface area contributed by atoms with Gasteiger partial charge in [-0.05, 0) is 13.0 Å². The SMILES string of the molecule is CNC(COCCOCCOCCOC)C(C)C. The quantitative estimate of drug-likeness (QED) is 0.501. The zero-order valence-corrected chi connectivity index (χ0v) is 12.2. The molecule has 18 heavy (non-hydrogen) atoms. The molecular formula is C13H29NO4. The molecular weight excluding hydrogens is 234 g/mol. The lowest BCUT2D eigenvalue weighted by Gasteiger charge is -2.19. The molecule has 0 aromatic carbocycles. The molecule has 0 fully saturated rings. The minimum atomic E-state index is 0.405. The topological polar surface area (TPSA) is 49.0 Å². The highest BCUT2D eigenvalue weighted by molar-refractivity contribution is 4.66. The van der Waals surface area contributed by atoms with Crippen LogP contribution in [0.1, 0.15) is 13.8 Å². The van der Waals surface area contributed by atoms with E-state index in [1.165, 1.54) is 0 Å². The van der Waals surface area contributed by atoms with E-state index >= 15 is 0 Å². The van der Waals surface area contributed by atoms with Crippen LogP contribution in [0, 0.1) is 5.92 Å². The van der Waals surface area contributed by atoms with Crippen LogP contribution in [0.2, 0.25) is 0 Å². The predicted octanol–water partition coefficient (Wildman–Crippen LogP) is 0.927. The van der Waals surface area contributed by atoms with Gasteiger partial charge in [-0.2, -0.15) is 0 Å². The van der Waals surface area contributed by atoms with Crippen LogP contribution < -0.4 is 5.32 Å². The maximum absolute atomic E-state index is 5.54. The molecule has 0 spiro atoms. The minimum absolute atomic E-state index is 0.405. The summed E-state index contributed by atoms with van der Waals surface area (Å²) in [5.74, 6) is 0.574. The van der Waals surface area contributed by atoms with E-state index in [9.17, 15) is 0 Å². The van der Waals surface area contributed by atoms with Gasteiger partial charge in [-0.15, -0.1) is 0 Å². The third-order valence-corrected chi connectivity index (χ3v) is 2.65. The van der Waals surface area contributed by atoms with Gasteiger partial charge in [0.1, 0.15) is 0 Å². The maximum atomic E-state index is 5.54. The molecule has 0 aliphatic heterocycles. The average Bonchev–Trinajstić information content (AvgIpc) is 2.35. The average molecular weight is 263 g/mol. The molecule has 1 atom stereocenters. The van der Waals surface area contributed by atoms with E-state index in [1.54, 1.807) is 7.11 Å². The van der Waals surface area contributed by atoms with Crippen LogP contribution >= 0.6 is 0 Å². The van der Waals surface area contributed by atoms with Crippen molar-refractivity contribution in [1.29, 1.82) is 0 Å². The normalized spacial score (nSPS) is 13.2. The number of likely N-dealkylation sites (N-methyl/N-ethyl adjacent to an activating group) is 1. The van der Waals surface area contributed by atoms with E-state index in [2.05, 4.69) is 19.2 Å². The fourth-order valence-electron chi connectivity index (χ4n) is 1.40. The van der Waals surface area contributed by atoms with Crippen molar-refractivity contribution in [3.8, 4) is 0 Å². The highest BCUT2D eigenvalue weighted by Gasteiger charge is 2.09. The number of methoxy groups -OCH3 is 1. The Hall–Kier alpha value is -0.200. The second-order valence-corrected chi connectivity index (χ2v) is 4.43. The Morgan fingerprint density at radius 2 is 1.33 bits per heavy atom. The van der Waals surface area contributed by atoms with Gasteiger partial charge >= 0.3 is 0 Å². The van der Waals surface area contributed by atoms with Crippen molar-refractivity contribution in [3.05, 3.63) is 0 Å². The summed E-state index contributed by atoms with van der Waals surface area (Å²) in [6, 6.07) is 0.405. The minimum Gasteiger partial charge on any atom is -0.382 e. The molecule has 5 heteroatoms. The molecule has 0 bridgehead atoms. The molecule has 1 N–H and O–H groups in total. The highest BCUT2D eigenvalue weighted by atomic mass is 16.6. The molecule has 5 nitrogen and oxygen atoms in total. The highest BCUT2D eigenvalue weighted by Crippen LogP contribution is 2.00. The van der Waals surface area contributed by atoms with Crippen LogP contribution in [0.4, 0.5) is 0 Å². The summed E-state index contributed by atoms with van der Waals surface area (Å²) in [5, 5.41) is 3.23. The molecule has 0 rings (SSSR count). The summed E-state index contributed by atoms with van der Waals surface area (Å²) in [6.45, 7) is 8.78. The van der Waals surface area contributed by atoms with Crippen LogP contribution in [0.5, 0.6) is 0 Å². The predicted molar refractivity (Wildman–Crippen MR) is 72.0 cm³/mol. The van der Waals surface area contributed by atoms with Crippen molar-refractivity contribution in [2.75, 3.05) is 60.4 Å². The van der Waals surface area contributed by atoms with Gasteiger partial charge in [0.2, 0.25) is 0 Å². The number of ether oxygens (including phenoxy) is 4. The summed E-state index contributed by atoms with van der Waals surface area (Å²) >= 11 is 0. The van der Waals surface area contributed by atoms with Crippen molar-refractivity contribution in [2.45, 2.75) is 19.9 Å². The summed E-state index contributed by atoms with van der Waals surface area (Å²) in [7, 11) is 3.62. The Labute approximate surface area is 111 Å². The summed E-state index contributed by atoms with van der Waals surface area (Å²) in [4.78, 5) is 0. The molecule has 0 heterocycles. The van der Waals surface area contributed by atoms with E-state index in [0.29, 0.717) is 51.6 Å². The van der Waals surface area contributed by atoms with Crippen LogP contribution in [0.15, 0.2) is 0 Å². The fraction of sp³-hybridized carbons (Fsp3) is 1.00. The number of hydrogen-bond donors (Lipinski definition) is 1. The van der Waals surface area contributed by atoms with Gasteiger partial charge < -0.3 is 24.3 Å². The molecule has 0 saturated heterocycles. The Kier molecular flexibility index (Phi) is 13.1. The maximum Gasteiger partial charge on any atom is 0.0701 e. The second-order valence-electron chi connectivity index (χ2n) is 4.43. The van der Waals surface area contributed by atoms with Crippen LogP contribution in [-0.4, -0.2) is 66.4 Å². The monoisotopic (exact) mass is 263 g/mol. The molecule has 0 saturated carbocycles. The summed E-state index contributed by atoms with van der Waals surface area (Å²) in [5.41, 5.74) is 0. The molecule has 0 amide bonds. The molecule has 110 valence electrons. The molecule has 1 unspecified atom stereocenters. The zero-order chi connectivity index (χ0) is 13.6. The van der Waals surface area contributed by atoms with E-state index in [0.717, 1.165) is 6.61 Å². The van der Waals surface area contributed by atoms with Gasteiger partial charge in [0.05, 0.1) is 46.2 Å². The van der Waals surface area contributed by atoms with Crippen LogP contribution in [-0.2, 0) is 18.9 Å². The standard InChI is InChI=1S/C13H29NO4/c1-12(2)13(14-3)11-18-10-9-17-8-7-16-6-5-15-4/h12-14H,5-11H2,1-4H3. The van der Waals surface area contributed by atoms with Crippen LogP contribution in [0.3, 0.4) is 0 Å². The second kappa shape index (κ2) is 13.2. The Morgan fingerprint density at radius 3 is 1.78 bits per heavy atom. The lowest BCUT2D eigenvalue weighted by Crippen LogP contribution is -2.35. The number of hydrogen-bond acceptors (Lipinski definition) is 5. The molecule has 0 aromatic rings. The van der Waals surface area contributed by atoms with Crippen molar-refractivity contribution < 1.29 is 18.9 Å². The Bertz CT molecular complexity index is 167. The van der Waals surface area contributed by atoms with Gasteiger partial charge in [-0.25, -0.2) is 0 Å². The van der Waals surface area contributed by atoms with E-state index in [1.807, 2.05) is 7.05 Å². The third-order valence-electron chi connectivity index (χ3n) is 2.65. The van der Waals surface area contributed by atoms with Gasteiger partial charge in [0, 0.05) is 13.2 Å². The third kappa shape index (κ3) is 10.9. The smallest absolute Gasteiger partial charge is 0.0701 e. The first-order chi connectivity index (χ1) is 8.72. The van der Waals surface area contributed by atoms with Gasteiger partial charge in [0.25, 0.3) is 0 Å². The summed E-state index contributed by atoms with van der Waals surface area (Å²) in [6.07, 6.45) is 0. The van der Waals surface area contributed by atoms with E-state index < -0.39 is 0 Å². The first-order valence-electron chi connectivity index (χ1n) is 6.61. The van der Waals surface area contributed by atoms with Gasteiger partial charge in [0.15, 0.2) is 0 Å². The Morgan fingerprint density at radius 1 is 0.833 bits per heavy atom. The molecule has 0 aromatic heterocycles. The van der Waals surface area contributed by atoms with Crippen molar-refractivity contribution >= 4 is 0 Å².